The predicted molar refractivity (Wildman–Crippen MR) is 84.9 cm³/mol. The van der Waals surface area contributed by atoms with Crippen LogP contribution in [0.4, 0.5) is 0 Å². The van der Waals surface area contributed by atoms with Gasteiger partial charge >= 0.3 is 33.9 Å². The molecule has 25 heavy (non-hydrogen) atoms. The molecule has 0 aliphatic rings. The van der Waals surface area contributed by atoms with Gasteiger partial charge in [-0.2, -0.15) is 0 Å². The zero-order chi connectivity index (χ0) is 20.0. The van der Waals surface area contributed by atoms with Crippen molar-refractivity contribution in [1.82, 2.24) is 4.72 Å². The van der Waals surface area contributed by atoms with Gasteiger partial charge in [0.05, 0.1) is 11.9 Å². The Balaban J connectivity index is -0.000000284. The van der Waals surface area contributed by atoms with E-state index in [2.05, 4.69) is 24.7 Å². The van der Waals surface area contributed by atoms with Crippen molar-refractivity contribution in [1.29, 1.82) is 0 Å². The number of hydrogen-bond donors (Lipinski definition) is 2. The monoisotopic (exact) mass is 427 g/mol. The molecular weight excluding hydrogens is 410 g/mol. The topological polar surface area (TPSA) is 126 Å². The van der Waals surface area contributed by atoms with Crippen LogP contribution in [0, 0.1) is 20.0 Å². The van der Waals surface area contributed by atoms with Crippen LogP contribution < -0.4 is 4.72 Å². The van der Waals surface area contributed by atoms with Crippen molar-refractivity contribution in [2.24, 2.45) is 0 Å². The van der Waals surface area contributed by atoms with Crippen LogP contribution in [-0.4, -0.2) is 24.8 Å². The fourth-order valence-electron chi connectivity index (χ4n) is 1.55. The van der Waals surface area contributed by atoms with E-state index in [1.807, 2.05) is 0 Å². The quantitative estimate of drug-likeness (QED) is 0.563. The van der Waals surface area contributed by atoms with Crippen molar-refractivity contribution in [3.05, 3.63) is 54.8 Å². The van der Waals surface area contributed by atoms with E-state index >= 15 is 0 Å². The summed E-state index contributed by atoms with van der Waals surface area (Å²) < 4.78 is 48.6. The molecule has 0 saturated carbocycles. The molecule has 1 rings (SSSR count). The van der Waals surface area contributed by atoms with Crippen LogP contribution in [0.15, 0.2) is 24.3 Å². The van der Waals surface area contributed by atoms with Gasteiger partial charge in [0.1, 0.15) is 0 Å². The summed E-state index contributed by atoms with van der Waals surface area (Å²) in [6.07, 6.45) is -1.14. The Morgan fingerprint density at radius 3 is 1.88 bits per heavy atom. The van der Waals surface area contributed by atoms with Crippen LogP contribution >= 0.6 is 11.6 Å². The van der Waals surface area contributed by atoms with Gasteiger partial charge in [-0.1, -0.05) is 29.8 Å². The molecular formula is C15H18ClCrNO6S. The fourth-order valence-corrected chi connectivity index (χ4v) is 3.42. The molecule has 1 aromatic rings. The van der Waals surface area contributed by atoms with E-state index in [-0.39, 0.29) is 17.4 Å². The number of rotatable bonds is 4. The summed E-state index contributed by atoms with van der Waals surface area (Å²) in [6.45, 7) is 18.7. The van der Waals surface area contributed by atoms with E-state index in [9.17, 15) is 13.5 Å². The molecule has 0 fully saturated rings. The van der Waals surface area contributed by atoms with Crippen molar-refractivity contribution in [2.45, 2.75) is 32.4 Å². The number of halogens is 1. The maximum absolute atomic E-state index is 11.8. The molecule has 2 N–H and O–H groups in total. The average molecular weight is 428 g/mol. The molecule has 0 aromatic heterocycles. The van der Waals surface area contributed by atoms with Gasteiger partial charge in [-0.3, -0.25) is 0 Å². The zero-order valence-electron chi connectivity index (χ0n) is 13.8. The number of aliphatic hydroxyl groups excluding tert-OH is 1. The van der Waals surface area contributed by atoms with Crippen molar-refractivity contribution >= 4 is 21.6 Å². The van der Waals surface area contributed by atoms with Crippen LogP contribution in [0.1, 0.15) is 32.4 Å². The Morgan fingerprint density at radius 2 is 1.52 bits per heavy atom. The summed E-state index contributed by atoms with van der Waals surface area (Å²) in [5, 5.41) is 10.3. The van der Waals surface area contributed by atoms with Gasteiger partial charge in [0.15, 0.2) is 0 Å². The van der Waals surface area contributed by atoms with Crippen LogP contribution in [0.2, 0.25) is 5.02 Å². The van der Waals surface area contributed by atoms with Crippen LogP contribution in [0.5, 0.6) is 0 Å². The minimum absolute atomic E-state index is 0. The van der Waals surface area contributed by atoms with Crippen molar-refractivity contribution in [3.63, 3.8) is 0 Å². The molecule has 0 spiro atoms. The average Bonchev–Trinajstić information content (AvgIpc) is 2.50. The number of nitrogens with one attached hydrogen (secondary N) is 1. The summed E-state index contributed by atoms with van der Waals surface area (Å²) in [4.78, 5) is 0. The molecule has 0 saturated heterocycles. The van der Waals surface area contributed by atoms with Crippen LogP contribution in [-0.2, 0) is 41.3 Å². The largest absolute Gasteiger partial charge is 0 e. The summed E-state index contributed by atoms with van der Waals surface area (Å²) >= 11 is 5.91. The first-order valence-corrected chi connectivity index (χ1v) is 8.19. The molecule has 0 aliphatic heterocycles. The maximum atomic E-state index is 11.8. The number of benzene rings is 1. The first-order chi connectivity index (χ1) is 11.1. The normalized spacial score (nSPS) is 10.7. The summed E-state index contributed by atoms with van der Waals surface area (Å²) in [5.74, 6) is -0.409. The van der Waals surface area contributed by atoms with Crippen LogP contribution in [0.3, 0.4) is 0 Å². The van der Waals surface area contributed by atoms with Gasteiger partial charge in [0, 0.05) is 33.5 Å². The predicted octanol–water partition coefficient (Wildman–Crippen LogP) is 1.98. The third-order valence-electron chi connectivity index (χ3n) is 2.10. The molecule has 0 aliphatic carbocycles. The van der Waals surface area contributed by atoms with Crippen molar-refractivity contribution in [2.75, 3.05) is 5.75 Å². The van der Waals surface area contributed by atoms with E-state index in [0.29, 0.717) is 10.6 Å². The third kappa shape index (κ3) is 16.4. The summed E-state index contributed by atoms with van der Waals surface area (Å²) in [7, 11) is -3.56. The molecule has 0 radical (unpaired) electrons. The smallest absolute Gasteiger partial charge is 0 e. The second-order valence-corrected chi connectivity index (χ2v) is 7.34. The molecule has 0 bridgehead atoms. The van der Waals surface area contributed by atoms with Gasteiger partial charge in [-0.25, -0.2) is 13.1 Å². The molecule has 10 heteroatoms. The second-order valence-electron chi connectivity index (χ2n) is 5.17. The minimum atomic E-state index is -3.56. The summed E-state index contributed by atoms with van der Waals surface area (Å²) in [6, 6.07) is 6.65. The molecule has 0 amide bonds. The number of sulfonamides is 1. The molecule has 1 aromatic carbocycles. The minimum Gasteiger partial charge on any atom is 0 e. The first kappa shape index (κ1) is 31.9. The Morgan fingerprint density at radius 1 is 1.12 bits per heavy atom. The number of aliphatic hydroxyl groups is 1. The van der Waals surface area contributed by atoms with E-state index in [1.54, 1.807) is 45.0 Å². The van der Waals surface area contributed by atoms with Gasteiger partial charge < -0.3 is 5.11 Å². The number of hydrogen-bond acceptors (Lipinski definition) is 3. The third-order valence-corrected chi connectivity index (χ3v) is 4.13. The van der Waals surface area contributed by atoms with E-state index in [0.717, 1.165) is 0 Å². The fraction of sp³-hybridized carbons (Fsp3) is 0.400. The van der Waals surface area contributed by atoms with Gasteiger partial charge in [-0.15, -0.1) is 0 Å². The first-order valence-electron chi connectivity index (χ1n) is 6.16. The Bertz CT molecular complexity index is 623. The van der Waals surface area contributed by atoms with Gasteiger partial charge in [0.2, 0.25) is 10.0 Å². The molecule has 1 atom stereocenters. The molecule has 0 unspecified atom stereocenters. The van der Waals surface area contributed by atoms with Gasteiger partial charge in [-0.05, 0) is 26.8 Å². The van der Waals surface area contributed by atoms with E-state index in [1.165, 1.54) is 0 Å². The van der Waals surface area contributed by atoms with Crippen molar-refractivity contribution < 1.29 is 44.8 Å². The molecule has 138 valence electrons. The Labute approximate surface area is 164 Å². The summed E-state index contributed by atoms with van der Waals surface area (Å²) in [5.41, 5.74) is -0.155. The zero-order valence-corrected chi connectivity index (χ0v) is 16.6. The maximum Gasteiger partial charge on any atom is 0 e. The second kappa shape index (κ2) is 16.6. The van der Waals surface area contributed by atoms with Gasteiger partial charge in [0.25, 0.3) is 0 Å². The van der Waals surface area contributed by atoms with Crippen molar-refractivity contribution in [3.8, 4) is 0 Å². The SMILES string of the molecule is CC(C)(C)NS(=O)(=O)C[C@@H](O)c1ccccc1Cl.[C-]#[O+].[C-]#[O+].[C-]#[O+].[Cr]. The Kier molecular flexibility index (Phi) is 21.1. The standard InChI is InChI=1S/C12H18ClNO3S.3CO.Cr/c1-12(2,3)14-18(16,17)8-11(15)9-6-4-5-7-10(9)13;3*1-2;/h4-7,11,14-15H,8H2,1-3H3;;;;/t11-;;;;/m1..../s1. The molecule has 7 nitrogen and oxygen atoms in total. The van der Waals surface area contributed by atoms with E-state index < -0.39 is 27.4 Å². The van der Waals surface area contributed by atoms with Crippen LogP contribution in [0.25, 0.3) is 0 Å². The molecule has 0 heterocycles. The van der Waals surface area contributed by atoms with E-state index in [4.69, 9.17) is 25.6 Å². The Hall–Kier alpha value is -0.868.